The number of aliphatic hydroxyl groups excluding tert-OH is 1. The minimum absolute atomic E-state index is 0.0744. The molecule has 3 atom stereocenters. The van der Waals surface area contributed by atoms with Gasteiger partial charge in [-0.1, -0.05) is 39.5 Å². The second-order valence-electron chi connectivity index (χ2n) is 5.33. The molecule has 1 rings (SSSR count). The van der Waals surface area contributed by atoms with E-state index in [1.165, 1.54) is 38.5 Å². The fourth-order valence-corrected chi connectivity index (χ4v) is 2.72. The van der Waals surface area contributed by atoms with Gasteiger partial charge in [0.1, 0.15) is 0 Å². The Hall–Kier alpha value is -0.0800. The van der Waals surface area contributed by atoms with Crippen molar-refractivity contribution in [2.24, 2.45) is 11.8 Å². The Morgan fingerprint density at radius 1 is 1.38 bits per heavy atom. The lowest BCUT2D eigenvalue weighted by Crippen LogP contribution is -2.37. The minimum Gasteiger partial charge on any atom is -0.393 e. The van der Waals surface area contributed by atoms with Crippen LogP contribution in [0.4, 0.5) is 0 Å². The van der Waals surface area contributed by atoms with Crippen molar-refractivity contribution in [1.82, 2.24) is 5.32 Å². The van der Waals surface area contributed by atoms with Crippen molar-refractivity contribution < 1.29 is 5.11 Å². The number of rotatable bonds is 7. The maximum Gasteiger partial charge on any atom is 0.0583 e. The fraction of sp³-hybridized carbons (Fsp3) is 1.00. The Kier molecular flexibility index (Phi) is 7.06. The van der Waals surface area contributed by atoms with Gasteiger partial charge in [0.25, 0.3) is 0 Å². The van der Waals surface area contributed by atoms with E-state index in [0.717, 1.165) is 25.4 Å². The van der Waals surface area contributed by atoms with Crippen molar-refractivity contribution >= 4 is 0 Å². The van der Waals surface area contributed by atoms with Gasteiger partial charge < -0.3 is 10.4 Å². The van der Waals surface area contributed by atoms with E-state index in [9.17, 15) is 5.11 Å². The van der Waals surface area contributed by atoms with Crippen LogP contribution in [-0.2, 0) is 0 Å². The van der Waals surface area contributed by atoms with E-state index in [1.807, 2.05) is 0 Å². The smallest absolute Gasteiger partial charge is 0.0583 e. The first-order chi connectivity index (χ1) is 7.77. The molecule has 2 heteroatoms. The summed E-state index contributed by atoms with van der Waals surface area (Å²) in [6, 6.07) is 0. The van der Waals surface area contributed by atoms with Crippen molar-refractivity contribution in [3.05, 3.63) is 0 Å². The van der Waals surface area contributed by atoms with Crippen LogP contribution >= 0.6 is 0 Å². The van der Waals surface area contributed by atoms with Crippen LogP contribution in [-0.4, -0.2) is 24.3 Å². The van der Waals surface area contributed by atoms with Gasteiger partial charge in [-0.3, -0.25) is 0 Å². The molecule has 0 amide bonds. The van der Waals surface area contributed by atoms with Crippen molar-refractivity contribution in [3.8, 4) is 0 Å². The van der Waals surface area contributed by atoms with Crippen LogP contribution in [0.25, 0.3) is 0 Å². The first kappa shape index (κ1) is 14.0. The predicted octanol–water partition coefficient (Wildman–Crippen LogP) is 2.95. The molecule has 96 valence electrons. The largest absolute Gasteiger partial charge is 0.393 e. The lowest BCUT2D eigenvalue weighted by molar-refractivity contribution is 0.0661. The molecule has 1 aliphatic rings. The minimum atomic E-state index is -0.0744. The van der Waals surface area contributed by atoms with Gasteiger partial charge in [-0.15, -0.1) is 0 Å². The highest BCUT2D eigenvalue weighted by Crippen LogP contribution is 2.24. The number of unbranched alkanes of at least 4 members (excludes halogenated alkanes) is 1. The van der Waals surface area contributed by atoms with Gasteiger partial charge in [0, 0.05) is 6.54 Å². The van der Waals surface area contributed by atoms with E-state index in [-0.39, 0.29) is 6.10 Å². The maximum atomic E-state index is 10.2. The predicted molar refractivity (Wildman–Crippen MR) is 69.5 cm³/mol. The molecular formula is C14H29NO. The summed E-state index contributed by atoms with van der Waals surface area (Å²) >= 11 is 0. The molecule has 0 aromatic carbocycles. The van der Waals surface area contributed by atoms with Crippen LogP contribution < -0.4 is 5.32 Å². The molecule has 1 heterocycles. The van der Waals surface area contributed by atoms with Crippen molar-refractivity contribution in [3.63, 3.8) is 0 Å². The van der Waals surface area contributed by atoms with Crippen molar-refractivity contribution in [2.45, 2.75) is 64.9 Å². The molecule has 2 nitrogen and oxygen atoms in total. The van der Waals surface area contributed by atoms with Gasteiger partial charge in [0.2, 0.25) is 0 Å². The summed E-state index contributed by atoms with van der Waals surface area (Å²) in [6.45, 7) is 6.65. The summed E-state index contributed by atoms with van der Waals surface area (Å²) in [6.07, 6.45) is 8.48. The highest BCUT2D eigenvalue weighted by atomic mass is 16.3. The third kappa shape index (κ3) is 4.84. The third-order valence-electron chi connectivity index (χ3n) is 4.00. The zero-order valence-electron chi connectivity index (χ0n) is 11.0. The van der Waals surface area contributed by atoms with E-state index in [4.69, 9.17) is 0 Å². The van der Waals surface area contributed by atoms with Crippen LogP contribution in [0.15, 0.2) is 0 Å². The fourth-order valence-electron chi connectivity index (χ4n) is 2.72. The van der Waals surface area contributed by atoms with E-state index in [0.29, 0.717) is 5.92 Å². The number of hydrogen-bond acceptors (Lipinski definition) is 2. The quantitative estimate of drug-likeness (QED) is 0.701. The summed E-state index contributed by atoms with van der Waals surface area (Å²) in [5, 5.41) is 13.6. The van der Waals surface area contributed by atoms with Crippen LogP contribution in [0.3, 0.4) is 0 Å². The lowest BCUT2D eigenvalue weighted by Gasteiger charge is -2.29. The molecule has 0 spiro atoms. The van der Waals surface area contributed by atoms with Gasteiger partial charge in [0.15, 0.2) is 0 Å². The normalized spacial score (nSPS) is 25.3. The second-order valence-corrected chi connectivity index (χ2v) is 5.33. The van der Waals surface area contributed by atoms with Crippen LogP contribution in [0.1, 0.15) is 58.8 Å². The van der Waals surface area contributed by atoms with E-state index in [2.05, 4.69) is 19.2 Å². The zero-order chi connectivity index (χ0) is 11.8. The summed E-state index contributed by atoms with van der Waals surface area (Å²) in [4.78, 5) is 0. The van der Waals surface area contributed by atoms with E-state index >= 15 is 0 Å². The summed E-state index contributed by atoms with van der Waals surface area (Å²) in [5.74, 6) is 1.24. The molecule has 0 saturated carbocycles. The van der Waals surface area contributed by atoms with Gasteiger partial charge >= 0.3 is 0 Å². The zero-order valence-corrected chi connectivity index (χ0v) is 11.0. The Balaban J connectivity index is 2.26. The number of piperidine rings is 1. The molecular weight excluding hydrogens is 198 g/mol. The molecule has 0 aromatic heterocycles. The molecule has 1 aliphatic heterocycles. The van der Waals surface area contributed by atoms with Gasteiger partial charge in [-0.05, 0) is 37.6 Å². The molecule has 1 fully saturated rings. The van der Waals surface area contributed by atoms with E-state index < -0.39 is 0 Å². The van der Waals surface area contributed by atoms with Crippen molar-refractivity contribution in [2.75, 3.05) is 13.1 Å². The first-order valence-electron chi connectivity index (χ1n) is 7.16. The maximum absolute atomic E-state index is 10.2. The highest BCUT2D eigenvalue weighted by molar-refractivity contribution is 4.77. The molecule has 0 aromatic rings. The van der Waals surface area contributed by atoms with Crippen molar-refractivity contribution in [1.29, 1.82) is 0 Å². The highest BCUT2D eigenvalue weighted by Gasteiger charge is 2.23. The second kappa shape index (κ2) is 8.08. The summed E-state index contributed by atoms with van der Waals surface area (Å²) in [5.41, 5.74) is 0. The average Bonchev–Trinajstić information content (AvgIpc) is 2.35. The van der Waals surface area contributed by atoms with Crippen LogP contribution in [0.2, 0.25) is 0 Å². The van der Waals surface area contributed by atoms with Crippen LogP contribution in [0.5, 0.6) is 0 Å². The Labute approximate surface area is 101 Å². The molecule has 16 heavy (non-hydrogen) atoms. The molecule has 0 aliphatic carbocycles. The van der Waals surface area contributed by atoms with E-state index in [1.54, 1.807) is 0 Å². The summed E-state index contributed by atoms with van der Waals surface area (Å²) < 4.78 is 0. The molecule has 0 radical (unpaired) electrons. The SMILES string of the molecule is CCCCC(CC)CC(O)C1CCCNC1. The standard InChI is InChI=1S/C14H29NO/c1-3-5-7-12(4-2)10-14(16)13-8-6-9-15-11-13/h12-16H,3-11H2,1-2H3. The molecule has 2 N–H and O–H groups in total. The molecule has 0 bridgehead atoms. The monoisotopic (exact) mass is 227 g/mol. The average molecular weight is 227 g/mol. The third-order valence-corrected chi connectivity index (χ3v) is 4.00. The molecule has 3 unspecified atom stereocenters. The number of hydrogen-bond donors (Lipinski definition) is 2. The van der Waals surface area contributed by atoms with Gasteiger partial charge in [-0.25, -0.2) is 0 Å². The topological polar surface area (TPSA) is 32.3 Å². The van der Waals surface area contributed by atoms with Crippen LogP contribution in [0, 0.1) is 11.8 Å². The Morgan fingerprint density at radius 3 is 2.75 bits per heavy atom. The first-order valence-corrected chi connectivity index (χ1v) is 7.16. The Morgan fingerprint density at radius 2 is 2.19 bits per heavy atom. The number of aliphatic hydroxyl groups is 1. The summed E-state index contributed by atoms with van der Waals surface area (Å²) in [7, 11) is 0. The lowest BCUT2D eigenvalue weighted by atomic mass is 9.85. The van der Waals surface area contributed by atoms with Gasteiger partial charge in [-0.2, -0.15) is 0 Å². The van der Waals surface area contributed by atoms with Gasteiger partial charge in [0.05, 0.1) is 6.10 Å². The Bertz CT molecular complexity index is 166. The molecule has 1 saturated heterocycles. The number of nitrogens with one attached hydrogen (secondary N) is 1.